The van der Waals surface area contributed by atoms with Crippen molar-refractivity contribution in [3.8, 4) is 0 Å². The third-order valence-corrected chi connectivity index (χ3v) is 5.67. The average molecular weight is 417 g/mol. The molecule has 0 aromatic carbocycles. The van der Waals surface area contributed by atoms with Crippen molar-refractivity contribution in [2.24, 2.45) is 0 Å². The third kappa shape index (κ3) is 22.5. The smallest absolute Gasteiger partial charge is 1.00 e. The number of rotatable bonds is 19. The molecule has 0 saturated carbocycles. The van der Waals surface area contributed by atoms with Crippen molar-refractivity contribution in [3.63, 3.8) is 0 Å². The van der Waals surface area contributed by atoms with Gasteiger partial charge < -0.3 is 10.7 Å². The van der Waals surface area contributed by atoms with Crippen LogP contribution < -0.4 is 29.6 Å². The SMILES string of the molecule is CCCCCCCCCCCCCCCCCC(=O)OS(=O)(=O)CCO.[H-].[Na+]. The molecule has 0 radical (unpaired) electrons. The Balaban J connectivity index is -0.00000312. The Morgan fingerprint density at radius 1 is 0.778 bits per heavy atom. The van der Waals surface area contributed by atoms with E-state index in [1.165, 1.54) is 77.0 Å². The monoisotopic (exact) mass is 416 g/mol. The normalized spacial score (nSPS) is 11.2. The first-order valence-electron chi connectivity index (χ1n) is 10.6. The van der Waals surface area contributed by atoms with E-state index in [0.29, 0.717) is 6.42 Å². The molecule has 0 fully saturated rings. The van der Waals surface area contributed by atoms with Crippen LogP contribution in [0.1, 0.15) is 111 Å². The number of aliphatic hydroxyl groups is 1. The minimum absolute atomic E-state index is 0. The van der Waals surface area contributed by atoms with Crippen LogP contribution in [0.15, 0.2) is 0 Å². The van der Waals surface area contributed by atoms with Gasteiger partial charge in [0.05, 0.1) is 6.61 Å². The Morgan fingerprint density at radius 3 is 1.52 bits per heavy atom. The average Bonchev–Trinajstić information content (AvgIpc) is 2.57. The van der Waals surface area contributed by atoms with Gasteiger partial charge in [0.25, 0.3) is 0 Å². The number of unbranched alkanes of at least 4 members (excludes halogenated alkanes) is 14. The molecule has 0 atom stereocenters. The first kappa shape index (κ1) is 29.6. The number of hydrogen-bond acceptors (Lipinski definition) is 5. The molecular formula is C20H41NaO5S. The molecule has 0 aliphatic heterocycles. The summed E-state index contributed by atoms with van der Waals surface area (Å²) in [4.78, 5) is 11.4. The van der Waals surface area contributed by atoms with Gasteiger partial charge in [-0.05, 0) is 6.42 Å². The molecule has 0 rings (SSSR count). The summed E-state index contributed by atoms with van der Waals surface area (Å²) in [5, 5.41) is 8.56. The van der Waals surface area contributed by atoms with Crippen LogP contribution in [0.4, 0.5) is 0 Å². The number of aliphatic hydroxyl groups excluding tert-OH is 1. The van der Waals surface area contributed by atoms with Gasteiger partial charge in [-0.1, -0.05) is 96.8 Å². The van der Waals surface area contributed by atoms with Crippen molar-refractivity contribution in [2.45, 2.75) is 110 Å². The maximum atomic E-state index is 11.4. The zero-order chi connectivity index (χ0) is 19.5. The predicted molar refractivity (Wildman–Crippen MR) is 108 cm³/mol. The van der Waals surface area contributed by atoms with Crippen molar-refractivity contribution in [1.82, 2.24) is 0 Å². The second-order valence-corrected chi connectivity index (χ2v) is 8.83. The van der Waals surface area contributed by atoms with E-state index >= 15 is 0 Å². The zero-order valence-corrected chi connectivity index (χ0v) is 20.5. The molecule has 0 aromatic heterocycles. The second-order valence-electron chi connectivity index (χ2n) is 7.14. The van der Waals surface area contributed by atoms with Crippen LogP contribution in [-0.4, -0.2) is 31.9 Å². The predicted octanol–water partition coefficient (Wildman–Crippen LogP) is 2.23. The molecule has 27 heavy (non-hydrogen) atoms. The van der Waals surface area contributed by atoms with E-state index in [4.69, 9.17) is 5.11 Å². The van der Waals surface area contributed by atoms with Gasteiger partial charge in [0.15, 0.2) is 0 Å². The van der Waals surface area contributed by atoms with E-state index in [0.717, 1.165) is 12.8 Å². The van der Waals surface area contributed by atoms with Crippen molar-refractivity contribution in [3.05, 3.63) is 0 Å². The van der Waals surface area contributed by atoms with Crippen LogP contribution >= 0.6 is 0 Å². The summed E-state index contributed by atoms with van der Waals surface area (Å²) in [6.07, 6.45) is 18.8. The summed E-state index contributed by atoms with van der Waals surface area (Å²) in [6, 6.07) is 0. The fourth-order valence-electron chi connectivity index (χ4n) is 2.98. The van der Waals surface area contributed by atoms with Gasteiger partial charge in [0, 0.05) is 6.42 Å². The molecule has 0 aliphatic carbocycles. The standard InChI is InChI=1S/C20H40O5S.Na.H/c1-2-3-4-5-6-7-8-9-10-11-12-13-14-15-16-17-20(22)25-26(23,24)19-18-21;;/h21H,2-19H2,1H3;;/q;+1;-1. The molecule has 7 heteroatoms. The van der Waals surface area contributed by atoms with Crippen LogP contribution in [0.5, 0.6) is 0 Å². The van der Waals surface area contributed by atoms with Gasteiger partial charge >= 0.3 is 45.6 Å². The fourth-order valence-corrected chi connectivity index (χ4v) is 3.65. The quantitative estimate of drug-likeness (QED) is 0.198. The molecule has 0 saturated heterocycles. The maximum absolute atomic E-state index is 11.4. The summed E-state index contributed by atoms with van der Waals surface area (Å²) in [7, 11) is -3.90. The van der Waals surface area contributed by atoms with Gasteiger partial charge in [-0.15, -0.1) is 0 Å². The minimum Gasteiger partial charge on any atom is -1.00 e. The largest absolute Gasteiger partial charge is 1.00 e. The Hall–Kier alpha value is 0.380. The van der Waals surface area contributed by atoms with Crippen LogP contribution in [-0.2, 0) is 19.1 Å². The first-order valence-corrected chi connectivity index (χ1v) is 12.2. The summed E-state index contributed by atoms with van der Waals surface area (Å²) in [5.41, 5.74) is 0. The Labute approximate surface area is 190 Å². The Morgan fingerprint density at radius 2 is 1.15 bits per heavy atom. The van der Waals surface area contributed by atoms with Gasteiger partial charge in [-0.3, -0.25) is 4.79 Å². The number of hydrogen-bond donors (Lipinski definition) is 1. The van der Waals surface area contributed by atoms with Crippen LogP contribution in [0.25, 0.3) is 0 Å². The van der Waals surface area contributed by atoms with Gasteiger partial charge in [-0.25, -0.2) is 0 Å². The van der Waals surface area contributed by atoms with E-state index < -0.39 is 28.4 Å². The van der Waals surface area contributed by atoms with Gasteiger partial charge in [0.2, 0.25) is 0 Å². The van der Waals surface area contributed by atoms with E-state index in [9.17, 15) is 13.2 Å². The van der Waals surface area contributed by atoms with E-state index in [1.54, 1.807) is 0 Å². The second kappa shape index (κ2) is 21.1. The molecule has 5 nitrogen and oxygen atoms in total. The molecule has 0 amide bonds. The molecule has 158 valence electrons. The van der Waals surface area contributed by atoms with Crippen molar-refractivity contribution in [1.29, 1.82) is 0 Å². The van der Waals surface area contributed by atoms with E-state index in [-0.39, 0.29) is 37.4 Å². The zero-order valence-electron chi connectivity index (χ0n) is 18.7. The maximum Gasteiger partial charge on any atom is 1.00 e. The van der Waals surface area contributed by atoms with Crippen molar-refractivity contribution >= 4 is 16.1 Å². The molecule has 0 unspecified atom stereocenters. The summed E-state index contributed by atoms with van der Waals surface area (Å²) in [6.45, 7) is 1.72. The molecular weight excluding hydrogens is 375 g/mol. The van der Waals surface area contributed by atoms with Crippen molar-refractivity contribution in [2.75, 3.05) is 12.4 Å². The molecule has 0 spiro atoms. The third-order valence-electron chi connectivity index (χ3n) is 4.55. The van der Waals surface area contributed by atoms with Crippen LogP contribution in [0.2, 0.25) is 0 Å². The fraction of sp³-hybridized carbons (Fsp3) is 0.950. The molecule has 1 N–H and O–H groups in total. The molecule has 0 bridgehead atoms. The topological polar surface area (TPSA) is 80.7 Å². The summed E-state index contributed by atoms with van der Waals surface area (Å²) in [5.74, 6) is -1.24. The van der Waals surface area contributed by atoms with Gasteiger partial charge in [-0.2, -0.15) is 8.42 Å². The summed E-state index contributed by atoms with van der Waals surface area (Å²) < 4.78 is 26.8. The molecule has 0 aromatic rings. The Kier molecular flexibility index (Phi) is 23.1. The molecule has 0 aliphatic rings. The van der Waals surface area contributed by atoms with E-state index in [1.807, 2.05) is 0 Å². The number of carbonyl (C=O) groups excluding carboxylic acids is 1. The summed E-state index contributed by atoms with van der Waals surface area (Å²) >= 11 is 0. The first-order chi connectivity index (χ1) is 12.5. The number of carbonyl (C=O) groups is 1. The van der Waals surface area contributed by atoms with E-state index in [2.05, 4.69) is 11.1 Å². The van der Waals surface area contributed by atoms with Gasteiger partial charge in [0.1, 0.15) is 5.75 Å². The van der Waals surface area contributed by atoms with Crippen molar-refractivity contribution < 1.29 is 53.5 Å². The van der Waals surface area contributed by atoms with Crippen LogP contribution in [0, 0.1) is 0 Å². The Bertz CT molecular complexity index is 432. The minimum atomic E-state index is -3.90. The molecule has 0 heterocycles. The van der Waals surface area contributed by atoms with Crippen LogP contribution in [0.3, 0.4) is 0 Å².